The molecule has 2 fully saturated rings. The van der Waals surface area contributed by atoms with Crippen molar-refractivity contribution in [1.82, 2.24) is 0 Å². The largest absolute Gasteiger partial charge is 0.376 e. The number of ketones is 1. The molecular formula is C20H27ClO5S. The molecule has 0 amide bonds. The molecule has 0 radical (unpaired) electrons. The van der Waals surface area contributed by atoms with Crippen molar-refractivity contribution in [3.05, 3.63) is 28.3 Å². The zero-order valence-electron chi connectivity index (χ0n) is 15.7. The van der Waals surface area contributed by atoms with Crippen LogP contribution in [0, 0.1) is 5.92 Å². The Labute approximate surface area is 166 Å². The molecule has 1 saturated carbocycles. The molecule has 5 nitrogen and oxygen atoms in total. The quantitative estimate of drug-likeness (QED) is 0.625. The van der Waals surface area contributed by atoms with Gasteiger partial charge in [0.2, 0.25) is 0 Å². The Morgan fingerprint density at radius 1 is 1.19 bits per heavy atom. The molecule has 1 aromatic carbocycles. The van der Waals surface area contributed by atoms with Gasteiger partial charge in [0.15, 0.2) is 15.6 Å². The van der Waals surface area contributed by atoms with E-state index in [1.807, 2.05) is 0 Å². The number of halogens is 1. The highest BCUT2D eigenvalue weighted by Gasteiger charge is 2.27. The van der Waals surface area contributed by atoms with E-state index in [0.717, 1.165) is 57.8 Å². The lowest BCUT2D eigenvalue weighted by Gasteiger charge is -2.22. The fraction of sp³-hybridized carbons (Fsp3) is 0.650. The minimum absolute atomic E-state index is 0.0140. The zero-order valence-corrected chi connectivity index (χ0v) is 17.3. The van der Waals surface area contributed by atoms with Gasteiger partial charge < -0.3 is 9.47 Å². The van der Waals surface area contributed by atoms with Crippen LogP contribution in [0.25, 0.3) is 0 Å². The van der Waals surface area contributed by atoms with Gasteiger partial charge in [0, 0.05) is 29.9 Å². The van der Waals surface area contributed by atoms with Crippen LogP contribution < -0.4 is 0 Å². The van der Waals surface area contributed by atoms with Gasteiger partial charge in [-0.2, -0.15) is 0 Å². The van der Waals surface area contributed by atoms with Crippen molar-refractivity contribution in [3.8, 4) is 0 Å². The summed E-state index contributed by atoms with van der Waals surface area (Å²) < 4.78 is 35.6. The van der Waals surface area contributed by atoms with E-state index in [1.165, 1.54) is 6.07 Å². The number of ether oxygens (including phenoxy) is 2. The van der Waals surface area contributed by atoms with Gasteiger partial charge in [-0.25, -0.2) is 8.42 Å². The molecule has 3 rings (SSSR count). The number of rotatable bonds is 7. The van der Waals surface area contributed by atoms with Crippen molar-refractivity contribution < 1.29 is 22.7 Å². The van der Waals surface area contributed by atoms with Crippen molar-refractivity contribution >= 4 is 27.2 Å². The highest BCUT2D eigenvalue weighted by atomic mass is 35.5. The van der Waals surface area contributed by atoms with Crippen molar-refractivity contribution in [2.45, 2.75) is 62.6 Å². The van der Waals surface area contributed by atoms with Crippen molar-refractivity contribution in [1.29, 1.82) is 0 Å². The molecule has 0 aromatic heterocycles. The third-order valence-corrected chi connectivity index (χ3v) is 7.03. The molecule has 1 unspecified atom stereocenters. The van der Waals surface area contributed by atoms with Crippen LogP contribution >= 0.6 is 11.6 Å². The lowest BCUT2D eigenvalue weighted by atomic mass is 9.83. The molecule has 0 bridgehead atoms. The summed E-state index contributed by atoms with van der Waals surface area (Å²) in [6, 6.07) is 3.04. The van der Waals surface area contributed by atoms with Crippen LogP contribution in [0.3, 0.4) is 0 Å². The summed E-state index contributed by atoms with van der Waals surface area (Å²) in [4.78, 5) is 13.0. The Hall–Kier alpha value is -0.950. The summed E-state index contributed by atoms with van der Waals surface area (Å²) in [7, 11) is -3.48. The molecule has 1 aliphatic carbocycles. The van der Waals surface area contributed by atoms with E-state index in [-0.39, 0.29) is 34.3 Å². The highest BCUT2D eigenvalue weighted by Crippen LogP contribution is 2.34. The SMILES string of the molecule is CS(=O)(=O)c1ccc(C(=O)C2CCCCC2)c(Cl)c1COCC1CCCO1. The van der Waals surface area contributed by atoms with E-state index in [1.54, 1.807) is 6.07 Å². The number of hydrogen-bond donors (Lipinski definition) is 0. The van der Waals surface area contributed by atoms with Gasteiger partial charge in [0.25, 0.3) is 0 Å². The van der Waals surface area contributed by atoms with Gasteiger partial charge in [-0.05, 0) is 37.8 Å². The summed E-state index contributed by atoms with van der Waals surface area (Å²) in [5.74, 6) is -0.0129. The average molecular weight is 415 g/mol. The lowest BCUT2D eigenvalue weighted by molar-refractivity contribution is 0.00999. The van der Waals surface area contributed by atoms with Crippen LogP contribution in [0.1, 0.15) is 60.9 Å². The molecule has 1 aromatic rings. The van der Waals surface area contributed by atoms with Crippen LogP contribution in [-0.2, 0) is 25.9 Å². The normalized spacial score (nSPS) is 21.5. The van der Waals surface area contributed by atoms with Crippen LogP contribution in [0.4, 0.5) is 0 Å². The van der Waals surface area contributed by atoms with Crippen molar-refractivity contribution in [2.24, 2.45) is 5.92 Å². The first-order chi connectivity index (χ1) is 12.9. The number of benzene rings is 1. The molecule has 1 heterocycles. The maximum absolute atomic E-state index is 12.9. The maximum Gasteiger partial charge on any atom is 0.175 e. The number of carbonyl (C=O) groups excluding carboxylic acids is 1. The highest BCUT2D eigenvalue weighted by molar-refractivity contribution is 7.90. The fourth-order valence-electron chi connectivity index (χ4n) is 3.93. The summed E-state index contributed by atoms with van der Waals surface area (Å²) in [5.41, 5.74) is 0.783. The third-order valence-electron chi connectivity index (χ3n) is 5.42. The minimum atomic E-state index is -3.48. The molecule has 7 heteroatoms. The average Bonchev–Trinajstić information content (AvgIpc) is 3.15. The summed E-state index contributed by atoms with van der Waals surface area (Å²) in [5, 5.41) is 0.209. The molecule has 150 valence electrons. The van der Waals surface area contributed by atoms with Crippen LogP contribution in [0.15, 0.2) is 17.0 Å². The summed E-state index contributed by atoms with van der Waals surface area (Å²) in [6.07, 6.45) is 8.12. The zero-order chi connectivity index (χ0) is 19.4. The van der Waals surface area contributed by atoms with Gasteiger partial charge >= 0.3 is 0 Å². The lowest BCUT2D eigenvalue weighted by Crippen LogP contribution is -2.20. The van der Waals surface area contributed by atoms with Crippen LogP contribution in [0.5, 0.6) is 0 Å². The van der Waals surface area contributed by atoms with Crippen molar-refractivity contribution in [2.75, 3.05) is 19.5 Å². The predicted molar refractivity (Wildman–Crippen MR) is 104 cm³/mol. The van der Waals surface area contributed by atoms with Gasteiger partial charge in [-0.3, -0.25) is 4.79 Å². The monoisotopic (exact) mass is 414 g/mol. The maximum atomic E-state index is 12.9. The van der Waals surface area contributed by atoms with Crippen LogP contribution in [0.2, 0.25) is 5.02 Å². The van der Waals surface area contributed by atoms with Gasteiger partial charge in [-0.15, -0.1) is 0 Å². The second-order valence-corrected chi connectivity index (χ2v) is 9.89. The second kappa shape index (κ2) is 9.03. The van der Waals surface area contributed by atoms with Gasteiger partial charge in [-0.1, -0.05) is 30.9 Å². The molecular weight excluding hydrogens is 388 g/mol. The molecule has 0 N–H and O–H groups in total. The Bertz CT molecular complexity index is 778. The first-order valence-corrected chi connectivity index (χ1v) is 11.9. The van der Waals surface area contributed by atoms with E-state index < -0.39 is 9.84 Å². The summed E-state index contributed by atoms with van der Waals surface area (Å²) >= 11 is 6.53. The van der Waals surface area contributed by atoms with Gasteiger partial charge in [0.1, 0.15) is 0 Å². The Morgan fingerprint density at radius 3 is 2.56 bits per heavy atom. The van der Waals surface area contributed by atoms with E-state index in [9.17, 15) is 13.2 Å². The number of sulfone groups is 1. The van der Waals surface area contributed by atoms with E-state index in [0.29, 0.717) is 17.7 Å². The van der Waals surface area contributed by atoms with E-state index in [2.05, 4.69) is 0 Å². The van der Waals surface area contributed by atoms with Gasteiger partial charge in [0.05, 0.1) is 29.2 Å². The Balaban J connectivity index is 1.84. The molecule has 0 spiro atoms. The first-order valence-electron chi connectivity index (χ1n) is 9.63. The smallest absolute Gasteiger partial charge is 0.175 e. The Kier molecular flexibility index (Phi) is 6.95. The topological polar surface area (TPSA) is 69.7 Å². The van der Waals surface area contributed by atoms with E-state index >= 15 is 0 Å². The minimum Gasteiger partial charge on any atom is -0.376 e. The Morgan fingerprint density at radius 2 is 1.93 bits per heavy atom. The van der Waals surface area contributed by atoms with Crippen molar-refractivity contribution in [3.63, 3.8) is 0 Å². The van der Waals surface area contributed by atoms with Crippen LogP contribution in [-0.4, -0.2) is 39.8 Å². The molecule has 27 heavy (non-hydrogen) atoms. The fourth-order valence-corrected chi connectivity index (χ4v) is 5.22. The number of hydrogen-bond acceptors (Lipinski definition) is 5. The molecule has 1 atom stereocenters. The second-order valence-electron chi connectivity index (χ2n) is 7.53. The molecule has 1 saturated heterocycles. The first kappa shape index (κ1) is 20.8. The number of carbonyl (C=O) groups is 1. The predicted octanol–water partition coefficient (Wildman–Crippen LogP) is 4.20. The standard InChI is InChI=1S/C20H27ClO5S/c1-27(23,24)18-10-9-16(20(22)14-6-3-2-4-7-14)19(21)17(18)13-25-12-15-8-5-11-26-15/h9-10,14-15H,2-8,11-13H2,1H3. The molecule has 1 aliphatic heterocycles. The number of Topliss-reactive ketones (excluding diaryl/α,β-unsaturated/α-hetero) is 1. The van der Waals surface area contributed by atoms with E-state index in [4.69, 9.17) is 21.1 Å². The third kappa shape index (κ3) is 5.11. The molecule has 2 aliphatic rings. The summed E-state index contributed by atoms with van der Waals surface area (Å²) in [6.45, 7) is 1.17.